The van der Waals surface area contributed by atoms with Gasteiger partial charge in [-0.15, -0.1) is 0 Å². The molecular formula is C15H21ClFN3O. The van der Waals surface area contributed by atoms with Gasteiger partial charge in [0.15, 0.2) is 0 Å². The van der Waals surface area contributed by atoms with Gasteiger partial charge in [0.25, 0.3) is 5.91 Å². The summed E-state index contributed by atoms with van der Waals surface area (Å²) in [4.78, 5) is 16.6. The lowest BCUT2D eigenvalue weighted by molar-refractivity contribution is 0.0900. The Bertz CT molecular complexity index is 504. The fourth-order valence-electron chi connectivity index (χ4n) is 2.40. The van der Waals surface area contributed by atoms with Crippen molar-refractivity contribution in [2.45, 2.75) is 13.0 Å². The molecule has 1 amide bonds. The average Bonchev–Trinajstić information content (AvgIpc) is 2.45. The molecule has 0 radical (unpaired) electrons. The number of benzene rings is 1. The van der Waals surface area contributed by atoms with Crippen LogP contribution in [0.5, 0.6) is 0 Å². The van der Waals surface area contributed by atoms with E-state index in [1.807, 2.05) is 0 Å². The average molecular weight is 314 g/mol. The van der Waals surface area contributed by atoms with Crippen LogP contribution in [0.3, 0.4) is 0 Å². The summed E-state index contributed by atoms with van der Waals surface area (Å²) in [5, 5.41) is 3.08. The molecule has 0 unspecified atom stereocenters. The SMILES string of the molecule is C[C@H](CNC(=O)c1ccc(Cl)cc1F)N1CCN(C)CC1. The van der Waals surface area contributed by atoms with Gasteiger partial charge in [-0.3, -0.25) is 9.69 Å². The van der Waals surface area contributed by atoms with E-state index in [9.17, 15) is 9.18 Å². The number of carbonyl (C=O) groups is 1. The first-order chi connectivity index (χ1) is 9.97. The predicted molar refractivity (Wildman–Crippen MR) is 82.3 cm³/mol. The monoisotopic (exact) mass is 313 g/mol. The second kappa shape index (κ2) is 7.20. The van der Waals surface area contributed by atoms with Gasteiger partial charge in [-0.05, 0) is 32.2 Å². The molecule has 4 nitrogen and oxygen atoms in total. The van der Waals surface area contributed by atoms with Gasteiger partial charge in [0.1, 0.15) is 5.82 Å². The Hall–Kier alpha value is -1.17. The van der Waals surface area contributed by atoms with Crippen molar-refractivity contribution in [3.63, 3.8) is 0 Å². The topological polar surface area (TPSA) is 35.6 Å². The zero-order chi connectivity index (χ0) is 15.4. The molecule has 1 atom stereocenters. The molecule has 1 fully saturated rings. The minimum atomic E-state index is -0.591. The Balaban J connectivity index is 1.86. The zero-order valence-corrected chi connectivity index (χ0v) is 13.2. The Labute approximate surface area is 129 Å². The molecule has 0 saturated carbocycles. The molecule has 1 aliphatic rings. The first kappa shape index (κ1) is 16.2. The smallest absolute Gasteiger partial charge is 0.254 e. The zero-order valence-electron chi connectivity index (χ0n) is 12.4. The van der Waals surface area contributed by atoms with E-state index in [0.29, 0.717) is 6.54 Å². The number of piperazine rings is 1. The van der Waals surface area contributed by atoms with E-state index >= 15 is 0 Å². The van der Waals surface area contributed by atoms with Crippen molar-refractivity contribution in [2.75, 3.05) is 39.8 Å². The van der Waals surface area contributed by atoms with Crippen LogP contribution >= 0.6 is 11.6 Å². The molecular weight excluding hydrogens is 293 g/mol. The molecule has 0 aromatic heterocycles. The molecule has 21 heavy (non-hydrogen) atoms. The number of hydrogen-bond acceptors (Lipinski definition) is 3. The van der Waals surface area contributed by atoms with E-state index < -0.39 is 11.7 Å². The predicted octanol–water partition coefficient (Wildman–Crippen LogP) is 1.84. The second-order valence-corrected chi connectivity index (χ2v) is 5.96. The highest BCUT2D eigenvalue weighted by Crippen LogP contribution is 2.14. The van der Waals surface area contributed by atoms with E-state index in [0.717, 1.165) is 32.2 Å². The van der Waals surface area contributed by atoms with E-state index in [4.69, 9.17) is 11.6 Å². The quantitative estimate of drug-likeness (QED) is 0.921. The van der Waals surface area contributed by atoms with Crippen molar-refractivity contribution in [3.8, 4) is 0 Å². The first-order valence-corrected chi connectivity index (χ1v) is 7.51. The van der Waals surface area contributed by atoms with E-state index in [2.05, 4.69) is 29.1 Å². The van der Waals surface area contributed by atoms with E-state index in [1.165, 1.54) is 12.1 Å². The van der Waals surface area contributed by atoms with Crippen LogP contribution in [-0.4, -0.2) is 61.5 Å². The first-order valence-electron chi connectivity index (χ1n) is 7.13. The van der Waals surface area contributed by atoms with Crippen LogP contribution in [-0.2, 0) is 0 Å². The fourth-order valence-corrected chi connectivity index (χ4v) is 2.56. The van der Waals surface area contributed by atoms with Crippen molar-refractivity contribution >= 4 is 17.5 Å². The third kappa shape index (κ3) is 4.40. The van der Waals surface area contributed by atoms with Gasteiger partial charge < -0.3 is 10.2 Å². The minimum absolute atomic E-state index is 0.0324. The maximum atomic E-state index is 13.7. The standard InChI is InChI=1S/C15H21ClFN3O/c1-11(20-7-5-19(2)6-8-20)10-18-15(21)13-4-3-12(16)9-14(13)17/h3-4,9,11H,5-8,10H2,1-2H3,(H,18,21)/t11-/m1/s1. The van der Waals surface area contributed by atoms with Crippen LogP contribution in [0.4, 0.5) is 4.39 Å². The fraction of sp³-hybridized carbons (Fsp3) is 0.533. The molecule has 1 N–H and O–H groups in total. The van der Waals surface area contributed by atoms with E-state index in [1.54, 1.807) is 0 Å². The highest BCUT2D eigenvalue weighted by atomic mass is 35.5. The van der Waals surface area contributed by atoms with Crippen LogP contribution in [0.25, 0.3) is 0 Å². The highest BCUT2D eigenvalue weighted by Gasteiger charge is 2.20. The van der Waals surface area contributed by atoms with Crippen molar-refractivity contribution in [1.82, 2.24) is 15.1 Å². The number of carbonyl (C=O) groups excluding carboxylic acids is 1. The lowest BCUT2D eigenvalue weighted by atomic mass is 10.2. The summed E-state index contributed by atoms with van der Waals surface area (Å²) in [6.45, 7) is 6.62. The molecule has 1 aliphatic heterocycles. The number of amides is 1. The number of nitrogens with zero attached hydrogens (tertiary/aromatic N) is 2. The lowest BCUT2D eigenvalue weighted by Gasteiger charge is -2.36. The van der Waals surface area contributed by atoms with Crippen molar-refractivity contribution < 1.29 is 9.18 Å². The molecule has 2 rings (SSSR count). The Morgan fingerprint density at radius 1 is 1.38 bits per heavy atom. The number of rotatable bonds is 4. The van der Waals surface area contributed by atoms with Crippen molar-refractivity contribution in [3.05, 3.63) is 34.6 Å². The normalized spacial score (nSPS) is 18.5. The van der Waals surface area contributed by atoms with Crippen LogP contribution in [0.2, 0.25) is 5.02 Å². The maximum absolute atomic E-state index is 13.7. The molecule has 0 spiro atoms. The molecule has 0 bridgehead atoms. The number of likely N-dealkylation sites (N-methyl/N-ethyl adjacent to an activating group) is 1. The van der Waals surface area contributed by atoms with Gasteiger partial charge in [0.05, 0.1) is 5.56 Å². The third-order valence-electron chi connectivity index (χ3n) is 3.90. The summed E-state index contributed by atoms with van der Waals surface area (Å²) in [7, 11) is 2.10. The summed E-state index contributed by atoms with van der Waals surface area (Å²) in [5.41, 5.74) is 0.0324. The van der Waals surface area contributed by atoms with Crippen molar-refractivity contribution in [1.29, 1.82) is 0 Å². The van der Waals surface area contributed by atoms with Crippen LogP contribution in [0, 0.1) is 5.82 Å². The summed E-state index contributed by atoms with van der Waals surface area (Å²) in [5.74, 6) is -0.989. The highest BCUT2D eigenvalue weighted by molar-refractivity contribution is 6.30. The van der Waals surface area contributed by atoms with Crippen LogP contribution in [0.15, 0.2) is 18.2 Å². The summed E-state index contributed by atoms with van der Waals surface area (Å²) in [6.07, 6.45) is 0. The number of nitrogens with one attached hydrogen (secondary N) is 1. The number of hydrogen-bond donors (Lipinski definition) is 1. The molecule has 116 valence electrons. The molecule has 1 heterocycles. The summed E-state index contributed by atoms with van der Waals surface area (Å²) >= 11 is 5.68. The van der Waals surface area contributed by atoms with Gasteiger partial charge in [0, 0.05) is 43.8 Å². The molecule has 1 saturated heterocycles. The summed E-state index contributed by atoms with van der Waals surface area (Å²) < 4.78 is 13.7. The van der Waals surface area contributed by atoms with E-state index in [-0.39, 0.29) is 16.6 Å². The van der Waals surface area contributed by atoms with Gasteiger partial charge in [-0.2, -0.15) is 0 Å². The van der Waals surface area contributed by atoms with Gasteiger partial charge in [-0.1, -0.05) is 11.6 Å². The Morgan fingerprint density at radius 3 is 2.67 bits per heavy atom. The van der Waals surface area contributed by atoms with Gasteiger partial charge in [0.2, 0.25) is 0 Å². The van der Waals surface area contributed by atoms with Gasteiger partial charge in [-0.25, -0.2) is 4.39 Å². The largest absolute Gasteiger partial charge is 0.350 e. The Morgan fingerprint density at radius 2 is 2.05 bits per heavy atom. The molecule has 1 aromatic carbocycles. The Kier molecular flexibility index (Phi) is 5.56. The molecule has 6 heteroatoms. The number of halogens is 2. The molecule has 1 aromatic rings. The minimum Gasteiger partial charge on any atom is -0.350 e. The van der Waals surface area contributed by atoms with Gasteiger partial charge >= 0.3 is 0 Å². The summed E-state index contributed by atoms with van der Waals surface area (Å²) in [6, 6.07) is 4.31. The third-order valence-corrected chi connectivity index (χ3v) is 4.13. The van der Waals surface area contributed by atoms with Crippen LogP contribution in [0.1, 0.15) is 17.3 Å². The second-order valence-electron chi connectivity index (χ2n) is 5.52. The molecule has 0 aliphatic carbocycles. The maximum Gasteiger partial charge on any atom is 0.254 e. The van der Waals surface area contributed by atoms with Crippen LogP contribution < -0.4 is 5.32 Å². The lowest BCUT2D eigenvalue weighted by Crippen LogP contribution is -2.51. The van der Waals surface area contributed by atoms with Crippen molar-refractivity contribution in [2.24, 2.45) is 0 Å².